The first-order chi connectivity index (χ1) is 10.2. The van der Waals surface area contributed by atoms with Crippen LogP contribution in [-0.2, 0) is 0 Å². The Kier molecular flexibility index (Phi) is 4.21. The Hall–Kier alpha value is -1.09. The molecule has 3 heteroatoms. The topological polar surface area (TPSA) is 21.3 Å². The van der Waals surface area contributed by atoms with E-state index >= 15 is 0 Å². The van der Waals surface area contributed by atoms with E-state index in [2.05, 4.69) is 12.2 Å². The molecular weight excluding hydrogens is 265 g/mol. The lowest BCUT2D eigenvalue weighted by Crippen LogP contribution is -2.65. The van der Waals surface area contributed by atoms with Gasteiger partial charge in [0.05, 0.1) is 0 Å². The molecule has 2 fully saturated rings. The molecule has 0 radical (unpaired) electrons. The maximum absolute atomic E-state index is 13.5. The molecule has 2 atom stereocenters. The Bertz CT molecular complexity index is 496. The molecule has 1 aromatic rings. The second-order valence-electron chi connectivity index (χ2n) is 6.66. The quantitative estimate of drug-likeness (QED) is 0.897. The van der Waals surface area contributed by atoms with Crippen LogP contribution in [-0.4, -0.2) is 18.7 Å². The van der Waals surface area contributed by atoms with Crippen molar-refractivity contribution >= 4 is 0 Å². The van der Waals surface area contributed by atoms with Gasteiger partial charge in [0.2, 0.25) is 0 Å². The van der Waals surface area contributed by atoms with Gasteiger partial charge in [-0.3, -0.25) is 0 Å². The predicted molar refractivity (Wildman–Crippen MR) is 83.2 cm³/mol. The molecule has 0 saturated heterocycles. The second-order valence-corrected chi connectivity index (χ2v) is 6.66. The molecule has 2 nitrogen and oxygen atoms in total. The lowest BCUT2D eigenvalue weighted by atomic mass is 9.55. The summed E-state index contributed by atoms with van der Waals surface area (Å²) >= 11 is 0. The monoisotopic (exact) mass is 291 g/mol. The summed E-state index contributed by atoms with van der Waals surface area (Å²) in [5.41, 5.74) is 1.29. The fraction of sp³-hybridized carbons (Fsp3) is 0.667. The Morgan fingerprint density at radius 1 is 1.29 bits per heavy atom. The first-order valence-electron chi connectivity index (χ1n) is 8.32. The number of hydrogen-bond donors (Lipinski definition) is 1. The van der Waals surface area contributed by atoms with Gasteiger partial charge >= 0.3 is 0 Å². The number of rotatable bonds is 4. The average molecular weight is 291 g/mol. The van der Waals surface area contributed by atoms with Crippen LogP contribution in [0.25, 0.3) is 0 Å². The van der Waals surface area contributed by atoms with E-state index in [4.69, 9.17) is 4.74 Å². The van der Waals surface area contributed by atoms with E-state index in [9.17, 15) is 4.39 Å². The van der Waals surface area contributed by atoms with Gasteiger partial charge in [-0.15, -0.1) is 0 Å². The molecule has 1 aromatic carbocycles. The van der Waals surface area contributed by atoms with Crippen LogP contribution < -0.4 is 10.1 Å². The SMILES string of the molecule is CCNC1CC(Oc2cc(F)ccc2C)C12CCCCC2. The first kappa shape index (κ1) is 14.8. The molecule has 0 aromatic heterocycles. The molecule has 116 valence electrons. The third-order valence-electron chi connectivity index (χ3n) is 5.44. The summed E-state index contributed by atoms with van der Waals surface area (Å²) in [5.74, 6) is 0.510. The molecule has 2 saturated carbocycles. The van der Waals surface area contributed by atoms with Crippen LogP contribution in [0.2, 0.25) is 0 Å². The fourth-order valence-electron chi connectivity index (χ4n) is 4.18. The molecule has 1 spiro atoms. The molecule has 21 heavy (non-hydrogen) atoms. The maximum Gasteiger partial charge on any atom is 0.126 e. The lowest BCUT2D eigenvalue weighted by molar-refractivity contribution is -0.102. The van der Waals surface area contributed by atoms with Crippen molar-refractivity contribution in [1.82, 2.24) is 5.32 Å². The van der Waals surface area contributed by atoms with Crippen LogP contribution in [0.5, 0.6) is 5.75 Å². The van der Waals surface area contributed by atoms with Crippen molar-refractivity contribution in [2.45, 2.75) is 64.5 Å². The standard InChI is InChI=1S/C18H26FNO/c1-3-20-16-12-17(18(16)9-5-4-6-10-18)21-15-11-14(19)8-7-13(15)2/h7-8,11,16-17,20H,3-6,9-10,12H2,1-2H3. The molecule has 3 rings (SSSR count). The van der Waals surface area contributed by atoms with E-state index in [-0.39, 0.29) is 17.3 Å². The molecular formula is C18H26FNO. The highest BCUT2D eigenvalue weighted by Gasteiger charge is 2.56. The fourth-order valence-corrected chi connectivity index (χ4v) is 4.18. The van der Waals surface area contributed by atoms with Crippen LogP contribution >= 0.6 is 0 Å². The molecule has 2 aliphatic carbocycles. The Balaban J connectivity index is 1.77. The summed E-state index contributed by atoms with van der Waals surface area (Å²) in [7, 11) is 0. The van der Waals surface area contributed by atoms with Gasteiger partial charge in [-0.05, 0) is 37.9 Å². The number of halogens is 1. The average Bonchev–Trinajstić information content (AvgIpc) is 2.50. The van der Waals surface area contributed by atoms with Gasteiger partial charge in [-0.1, -0.05) is 32.3 Å². The minimum absolute atomic E-state index is 0.212. The van der Waals surface area contributed by atoms with Crippen LogP contribution in [0.3, 0.4) is 0 Å². The van der Waals surface area contributed by atoms with Crippen LogP contribution in [0.15, 0.2) is 18.2 Å². The van der Waals surface area contributed by atoms with Gasteiger partial charge in [0.1, 0.15) is 17.7 Å². The molecule has 0 bridgehead atoms. The second kappa shape index (κ2) is 5.96. The van der Waals surface area contributed by atoms with Crippen LogP contribution in [0, 0.1) is 18.2 Å². The molecule has 1 N–H and O–H groups in total. The van der Waals surface area contributed by atoms with Crippen molar-refractivity contribution in [2.75, 3.05) is 6.54 Å². The number of hydrogen-bond acceptors (Lipinski definition) is 2. The number of nitrogens with one attached hydrogen (secondary N) is 1. The minimum Gasteiger partial charge on any atom is -0.489 e. The summed E-state index contributed by atoms with van der Waals surface area (Å²) in [4.78, 5) is 0. The smallest absolute Gasteiger partial charge is 0.126 e. The third kappa shape index (κ3) is 2.68. The van der Waals surface area contributed by atoms with Gasteiger partial charge in [0.25, 0.3) is 0 Å². The molecule has 0 amide bonds. The van der Waals surface area contributed by atoms with E-state index < -0.39 is 0 Å². The van der Waals surface area contributed by atoms with Crippen molar-refractivity contribution in [1.29, 1.82) is 0 Å². The Morgan fingerprint density at radius 3 is 2.76 bits per heavy atom. The zero-order valence-corrected chi connectivity index (χ0v) is 13.1. The molecule has 2 aliphatic rings. The van der Waals surface area contributed by atoms with E-state index in [1.54, 1.807) is 6.07 Å². The zero-order chi connectivity index (χ0) is 14.9. The Labute approximate surface area is 127 Å². The molecule has 0 aliphatic heterocycles. The normalized spacial score (nSPS) is 27.4. The summed E-state index contributed by atoms with van der Waals surface area (Å²) in [5, 5.41) is 3.63. The number of ether oxygens (including phenoxy) is 1. The highest BCUT2D eigenvalue weighted by Crippen LogP contribution is 2.53. The van der Waals surface area contributed by atoms with Crippen LogP contribution in [0.4, 0.5) is 4.39 Å². The van der Waals surface area contributed by atoms with E-state index in [0.717, 1.165) is 24.3 Å². The van der Waals surface area contributed by atoms with Gasteiger partial charge in [-0.2, -0.15) is 0 Å². The summed E-state index contributed by atoms with van der Waals surface area (Å²) in [6.07, 6.45) is 7.69. The van der Waals surface area contributed by atoms with Gasteiger partial charge in [0.15, 0.2) is 0 Å². The van der Waals surface area contributed by atoms with Crippen LogP contribution in [0.1, 0.15) is 51.0 Å². The van der Waals surface area contributed by atoms with Gasteiger partial charge in [-0.25, -0.2) is 4.39 Å². The van der Waals surface area contributed by atoms with Crippen molar-refractivity contribution in [3.05, 3.63) is 29.6 Å². The number of aryl methyl sites for hydroxylation is 1. The maximum atomic E-state index is 13.5. The predicted octanol–water partition coefficient (Wildman–Crippen LogP) is 4.21. The Morgan fingerprint density at radius 2 is 2.05 bits per heavy atom. The summed E-state index contributed by atoms with van der Waals surface area (Å²) in [6.45, 7) is 5.17. The van der Waals surface area contributed by atoms with E-state index in [0.29, 0.717) is 6.04 Å². The first-order valence-corrected chi connectivity index (χ1v) is 8.32. The van der Waals surface area contributed by atoms with Crippen molar-refractivity contribution in [3.63, 3.8) is 0 Å². The number of benzene rings is 1. The van der Waals surface area contributed by atoms with E-state index in [1.165, 1.54) is 44.2 Å². The molecule has 0 heterocycles. The molecule has 2 unspecified atom stereocenters. The van der Waals surface area contributed by atoms with Gasteiger partial charge < -0.3 is 10.1 Å². The summed E-state index contributed by atoms with van der Waals surface area (Å²) in [6, 6.07) is 5.41. The van der Waals surface area contributed by atoms with Crippen molar-refractivity contribution in [2.24, 2.45) is 5.41 Å². The van der Waals surface area contributed by atoms with Crippen molar-refractivity contribution < 1.29 is 9.13 Å². The summed E-state index contributed by atoms with van der Waals surface area (Å²) < 4.78 is 19.7. The highest BCUT2D eigenvalue weighted by atomic mass is 19.1. The largest absolute Gasteiger partial charge is 0.489 e. The van der Waals surface area contributed by atoms with Gasteiger partial charge in [0, 0.05) is 23.9 Å². The third-order valence-corrected chi connectivity index (χ3v) is 5.44. The van der Waals surface area contributed by atoms with Crippen molar-refractivity contribution in [3.8, 4) is 5.75 Å². The lowest BCUT2D eigenvalue weighted by Gasteiger charge is -2.57. The highest BCUT2D eigenvalue weighted by molar-refractivity contribution is 5.33. The zero-order valence-electron chi connectivity index (χ0n) is 13.1. The van der Waals surface area contributed by atoms with E-state index in [1.807, 2.05) is 6.92 Å². The minimum atomic E-state index is -0.212.